The first kappa shape index (κ1) is 11.2. The average molecular weight is 193 g/mol. The van der Waals surface area contributed by atoms with Crippen molar-refractivity contribution in [3.05, 3.63) is 35.4 Å². The lowest BCUT2D eigenvalue weighted by Gasteiger charge is -2.15. The fourth-order valence-electron chi connectivity index (χ4n) is 1.60. The third-order valence-electron chi connectivity index (χ3n) is 2.13. The van der Waals surface area contributed by atoms with Gasteiger partial charge in [-0.05, 0) is 33.0 Å². The van der Waals surface area contributed by atoms with Crippen molar-refractivity contribution in [2.45, 2.75) is 19.4 Å². The monoisotopic (exact) mass is 193 g/mol. The molecule has 0 saturated carbocycles. The van der Waals surface area contributed by atoms with Crippen LogP contribution in [0.25, 0.3) is 0 Å². The molecule has 2 heteroatoms. The molecular formula is C12H19NO. The second-order valence-electron chi connectivity index (χ2n) is 4.11. The van der Waals surface area contributed by atoms with E-state index < -0.39 is 0 Å². The number of aliphatic hydroxyl groups is 1. The van der Waals surface area contributed by atoms with Gasteiger partial charge in [-0.25, -0.2) is 0 Å². The van der Waals surface area contributed by atoms with Crippen molar-refractivity contribution in [1.82, 2.24) is 4.90 Å². The van der Waals surface area contributed by atoms with Crippen LogP contribution in [0, 0.1) is 6.92 Å². The fourth-order valence-corrected chi connectivity index (χ4v) is 1.60. The predicted octanol–water partition coefficient (Wildman–Crippen LogP) is 1.46. The van der Waals surface area contributed by atoms with Crippen molar-refractivity contribution in [2.75, 3.05) is 20.6 Å². The number of nitrogens with zero attached hydrogens (tertiary/aromatic N) is 1. The smallest absolute Gasteiger partial charge is 0.0707 e. The molecule has 2 nitrogen and oxygen atoms in total. The summed E-state index contributed by atoms with van der Waals surface area (Å²) < 4.78 is 0. The quantitative estimate of drug-likeness (QED) is 0.782. The highest BCUT2D eigenvalue weighted by molar-refractivity contribution is 5.22. The van der Waals surface area contributed by atoms with E-state index in [2.05, 4.69) is 25.1 Å². The summed E-state index contributed by atoms with van der Waals surface area (Å²) in [7, 11) is 3.94. The maximum absolute atomic E-state index is 9.72. The fraction of sp³-hybridized carbons (Fsp3) is 0.500. The van der Waals surface area contributed by atoms with Crippen molar-refractivity contribution < 1.29 is 5.11 Å². The molecule has 0 fully saturated rings. The Labute approximate surface area is 86.2 Å². The van der Waals surface area contributed by atoms with E-state index in [0.29, 0.717) is 6.54 Å². The zero-order chi connectivity index (χ0) is 10.6. The summed E-state index contributed by atoms with van der Waals surface area (Å²) in [5.41, 5.74) is 2.46. The van der Waals surface area contributed by atoms with Gasteiger partial charge in [0.1, 0.15) is 0 Å². The second kappa shape index (κ2) is 5.13. The van der Waals surface area contributed by atoms with Crippen molar-refractivity contribution in [3.63, 3.8) is 0 Å². The minimum atomic E-state index is -0.271. The molecule has 1 aromatic rings. The van der Waals surface area contributed by atoms with Crippen molar-refractivity contribution in [1.29, 1.82) is 0 Å². The summed E-state index contributed by atoms with van der Waals surface area (Å²) in [5, 5.41) is 9.72. The molecule has 0 amide bonds. The normalized spacial score (nSPS) is 13.2. The minimum Gasteiger partial charge on any atom is -0.391 e. The van der Waals surface area contributed by atoms with Crippen LogP contribution in [0.15, 0.2) is 24.3 Å². The average Bonchev–Trinajstić information content (AvgIpc) is 2.01. The maximum atomic E-state index is 9.72. The van der Waals surface area contributed by atoms with E-state index in [1.807, 2.05) is 25.1 Å². The Morgan fingerprint density at radius 2 is 2.07 bits per heavy atom. The van der Waals surface area contributed by atoms with Gasteiger partial charge in [0.2, 0.25) is 0 Å². The molecule has 0 aliphatic carbocycles. The Morgan fingerprint density at radius 3 is 2.64 bits per heavy atom. The van der Waals surface area contributed by atoms with Gasteiger partial charge >= 0.3 is 0 Å². The lowest BCUT2D eigenvalue weighted by Crippen LogP contribution is -2.27. The minimum absolute atomic E-state index is 0.271. The number of hydrogen-bond donors (Lipinski definition) is 1. The number of likely N-dealkylation sites (N-methyl/N-ethyl adjacent to an activating group) is 1. The first-order chi connectivity index (χ1) is 6.58. The summed E-state index contributed by atoms with van der Waals surface area (Å²) >= 11 is 0. The molecule has 0 bridgehead atoms. The van der Waals surface area contributed by atoms with Gasteiger partial charge in [0.15, 0.2) is 0 Å². The molecule has 1 aromatic carbocycles. The molecule has 1 unspecified atom stereocenters. The summed E-state index contributed by atoms with van der Waals surface area (Å²) in [6, 6.07) is 8.29. The molecule has 1 N–H and O–H groups in total. The van der Waals surface area contributed by atoms with E-state index in [4.69, 9.17) is 0 Å². The molecular weight excluding hydrogens is 174 g/mol. The van der Waals surface area contributed by atoms with E-state index in [1.165, 1.54) is 11.1 Å². The molecule has 0 aliphatic rings. The first-order valence-electron chi connectivity index (χ1n) is 4.96. The van der Waals surface area contributed by atoms with Crippen LogP contribution in [0.4, 0.5) is 0 Å². The molecule has 0 aromatic heterocycles. The van der Waals surface area contributed by atoms with Gasteiger partial charge in [-0.15, -0.1) is 0 Å². The molecule has 0 aliphatic heterocycles. The van der Waals surface area contributed by atoms with Gasteiger partial charge < -0.3 is 10.0 Å². The first-order valence-corrected chi connectivity index (χ1v) is 4.96. The number of rotatable bonds is 4. The Kier molecular flexibility index (Phi) is 4.11. The molecule has 1 atom stereocenters. The molecule has 1 rings (SSSR count). The van der Waals surface area contributed by atoms with Crippen LogP contribution in [-0.4, -0.2) is 36.8 Å². The lowest BCUT2D eigenvalue weighted by atomic mass is 10.1. The third kappa shape index (κ3) is 3.90. The van der Waals surface area contributed by atoms with Crippen molar-refractivity contribution in [2.24, 2.45) is 0 Å². The molecule has 0 saturated heterocycles. The van der Waals surface area contributed by atoms with Gasteiger partial charge in [-0.2, -0.15) is 0 Å². The van der Waals surface area contributed by atoms with Crippen LogP contribution in [0.3, 0.4) is 0 Å². The van der Waals surface area contributed by atoms with Gasteiger partial charge in [-0.3, -0.25) is 0 Å². The van der Waals surface area contributed by atoms with Crippen LogP contribution in [0.2, 0.25) is 0 Å². The predicted molar refractivity (Wildman–Crippen MR) is 59.4 cm³/mol. The zero-order valence-electron chi connectivity index (χ0n) is 9.20. The Hall–Kier alpha value is -0.860. The standard InChI is InChI=1S/C12H19NO/c1-10-5-4-6-11(7-10)8-12(14)9-13(2)3/h4-7,12,14H,8-9H2,1-3H3. The van der Waals surface area contributed by atoms with Gasteiger partial charge in [0, 0.05) is 6.54 Å². The zero-order valence-corrected chi connectivity index (χ0v) is 9.20. The topological polar surface area (TPSA) is 23.5 Å². The largest absolute Gasteiger partial charge is 0.391 e. The van der Waals surface area contributed by atoms with E-state index in [0.717, 1.165) is 6.42 Å². The highest BCUT2D eigenvalue weighted by Crippen LogP contribution is 2.07. The maximum Gasteiger partial charge on any atom is 0.0707 e. The SMILES string of the molecule is Cc1cccc(CC(O)CN(C)C)c1. The van der Waals surface area contributed by atoms with Gasteiger partial charge in [0.05, 0.1) is 6.10 Å². The Morgan fingerprint density at radius 1 is 1.36 bits per heavy atom. The summed E-state index contributed by atoms with van der Waals surface area (Å²) in [5.74, 6) is 0. The second-order valence-corrected chi connectivity index (χ2v) is 4.11. The molecule has 0 heterocycles. The summed E-state index contributed by atoms with van der Waals surface area (Å²) in [6.07, 6.45) is 0.464. The highest BCUT2D eigenvalue weighted by Gasteiger charge is 2.06. The molecule has 0 radical (unpaired) electrons. The number of aliphatic hydroxyl groups excluding tert-OH is 1. The van der Waals surface area contributed by atoms with Crippen LogP contribution >= 0.6 is 0 Å². The number of aryl methyl sites for hydroxylation is 1. The van der Waals surface area contributed by atoms with E-state index in [-0.39, 0.29) is 6.10 Å². The van der Waals surface area contributed by atoms with E-state index >= 15 is 0 Å². The highest BCUT2D eigenvalue weighted by atomic mass is 16.3. The van der Waals surface area contributed by atoms with Crippen molar-refractivity contribution >= 4 is 0 Å². The van der Waals surface area contributed by atoms with Crippen LogP contribution in [0.1, 0.15) is 11.1 Å². The molecule has 14 heavy (non-hydrogen) atoms. The van der Waals surface area contributed by atoms with Gasteiger partial charge in [-0.1, -0.05) is 29.8 Å². The van der Waals surface area contributed by atoms with E-state index in [9.17, 15) is 5.11 Å². The van der Waals surface area contributed by atoms with Crippen LogP contribution < -0.4 is 0 Å². The van der Waals surface area contributed by atoms with E-state index in [1.54, 1.807) is 0 Å². The van der Waals surface area contributed by atoms with Gasteiger partial charge in [0.25, 0.3) is 0 Å². The molecule has 0 spiro atoms. The van der Waals surface area contributed by atoms with Crippen LogP contribution in [0.5, 0.6) is 0 Å². The summed E-state index contributed by atoms with van der Waals surface area (Å²) in [6.45, 7) is 2.79. The Balaban J connectivity index is 2.51. The van der Waals surface area contributed by atoms with Crippen molar-refractivity contribution in [3.8, 4) is 0 Å². The summed E-state index contributed by atoms with van der Waals surface area (Å²) in [4.78, 5) is 2.00. The lowest BCUT2D eigenvalue weighted by molar-refractivity contribution is 0.137. The third-order valence-corrected chi connectivity index (χ3v) is 2.13. The molecule has 78 valence electrons. The Bertz CT molecular complexity index is 283. The number of benzene rings is 1. The van der Waals surface area contributed by atoms with Crippen LogP contribution in [-0.2, 0) is 6.42 Å². The number of hydrogen-bond acceptors (Lipinski definition) is 2.